The van der Waals surface area contributed by atoms with Crippen LogP contribution in [0.4, 0.5) is 5.69 Å². The fourth-order valence-corrected chi connectivity index (χ4v) is 2.15. The lowest BCUT2D eigenvalue weighted by Crippen LogP contribution is -2.07. The summed E-state index contributed by atoms with van der Waals surface area (Å²) in [4.78, 5) is 14.2. The van der Waals surface area contributed by atoms with Crippen LogP contribution in [0.1, 0.15) is 28.5 Å². The van der Waals surface area contributed by atoms with Crippen LogP contribution in [-0.2, 0) is 6.54 Å². The van der Waals surface area contributed by atoms with E-state index in [0.717, 1.165) is 23.5 Å². The van der Waals surface area contributed by atoms with Crippen LogP contribution < -0.4 is 4.90 Å². The molecule has 0 fully saturated rings. The number of anilines is 1. The van der Waals surface area contributed by atoms with Crippen LogP contribution in [0.5, 0.6) is 0 Å². The van der Waals surface area contributed by atoms with Gasteiger partial charge in [-0.15, -0.1) is 0 Å². The highest BCUT2D eigenvalue weighted by Crippen LogP contribution is 2.14. The van der Waals surface area contributed by atoms with Gasteiger partial charge in [-0.05, 0) is 37.6 Å². The average molecular weight is 283 g/mol. The standard InChI is InChI=1S/C17H21N3O/c1-5-20-13(2)16(12-18-20)17(21)11-8-14-6-9-15(10-7-14)19(3)4/h6-12H,5H2,1-4H3/b11-8+. The van der Waals surface area contributed by atoms with Crippen LogP contribution in [0.15, 0.2) is 36.5 Å². The van der Waals surface area contributed by atoms with Crippen LogP contribution in [0.25, 0.3) is 6.08 Å². The molecule has 1 aromatic heterocycles. The van der Waals surface area contributed by atoms with E-state index in [1.807, 2.05) is 67.9 Å². The summed E-state index contributed by atoms with van der Waals surface area (Å²) in [5, 5.41) is 4.20. The van der Waals surface area contributed by atoms with Gasteiger partial charge in [0.05, 0.1) is 11.8 Å². The Morgan fingerprint density at radius 1 is 1.29 bits per heavy atom. The molecule has 0 saturated heterocycles. The van der Waals surface area contributed by atoms with E-state index in [0.29, 0.717) is 5.56 Å². The van der Waals surface area contributed by atoms with Gasteiger partial charge in [0.15, 0.2) is 5.78 Å². The number of ketones is 1. The predicted molar refractivity (Wildman–Crippen MR) is 86.8 cm³/mol. The normalized spacial score (nSPS) is 11.0. The summed E-state index contributed by atoms with van der Waals surface area (Å²) in [5.74, 6) is -0.0103. The first-order valence-electron chi connectivity index (χ1n) is 7.05. The third-order valence-corrected chi connectivity index (χ3v) is 3.50. The van der Waals surface area contributed by atoms with Crippen molar-refractivity contribution in [1.82, 2.24) is 9.78 Å². The molecule has 0 unspecified atom stereocenters. The quantitative estimate of drug-likeness (QED) is 0.625. The second kappa shape index (κ2) is 6.39. The van der Waals surface area contributed by atoms with Crippen molar-refractivity contribution in [2.75, 3.05) is 19.0 Å². The number of rotatable bonds is 5. The molecule has 2 rings (SSSR count). The highest BCUT2D eigenvalue weighted by molar-refractivity contribution is 6.07. The first-order valence-corrected chi connectivity index (χ1v) is 7.05. The zero-order valence-electron chi connectivity index (χ0n) is 13.0. The summed E-state index contributed by atoms with van der Waals surface area (Å²) >= 11 is 0. The molecule has 0 atom stereocenters. The predicted octanol–water partition coefficient (Wildman–Crippen LogP) is 3.17. The van der Waals surface area contributed by atoms with Crippen molar-refractivity contribution in [3.05, 3.63) is 53.4 Å². The summed E-state index contributed by atoms with van der Waals surface area (Å²) in [6.07, 6.45) is 5.08. The van der Waals surface area contributed by atoms with E-state index in [9.17, 15) is 4.79 Å². The molecule has 1 heterocycles. The van der Waals surface area contributed by atoms with Gasteiger partial charge < -0.3 is 4.90 Å². The molecule has 0 radical (unpaired) electrons. The van der Waals surface area contributed by atoms with E-state index in [2.05, 4.69) is 5.10 Å². The Kier molecular flexibility index (Phi) is 4.58. The van der Waals surface area contributed by atoms with Gasteiger partial charge in [0.1, 0.15) is 0 Å². The lowest BCUT2D eigenvalue weighted by Gasteiger charge is -2.11. The summed E-state index contributed by atoms with van der Waals surface area (Å²) in [6, 6.07) is 8.07. The molecule has 1 aromatic carbocycles. The maximum absolute atomic E-state index is 12.2. The van der Waals surface area contributed by atoms with Crippen LogP contribution in [0, 0.1) is 6.92 Å². The number of hydrogen-bond acceptors (Lipinski definition) is 3. The van der Waals surface area contributed by atoms with Crippen molar-refractivity contribution in [2.45, 2.75) is 20.4 Å². The smallest absolute Gasteiger partial charge is 0.189 e. The molecule has 0 aliphatic heterocycles. The maximum atomic E-state index is 12.2. The van der Waals surface area contributed by atoms with Crippen molar-refractivity contribution >= 4 is 17.5 Å². The third-order valence-electron chi connectivity index (χ3n) is 3.50. The largest absolute Gasteiger partial charge is 0.378 e. The highest BCUT2D eigenvalue weighted by Gasteiger charge is 2.10. The molecular formula is C17H21N3O. The first-order chi connectivity index (χ1) is 10.0. The van der Waals surface area contributed by atoms with E-state index < -0.39 is 0 Å². The Balaban J connectivity index is 2.13. The van der Waals surface area contributed by atoms with Gasteiger partial charge in [0.2, 0.25) is 0 Å². The van der Waals surface area contributed by atoms with Crippen LogP contribution in [0.3, 0.4) is 0 Å². The summed E-state index contributed by atoms with van der Waals surface area (Å²) in [7, 11) is 4.01. The summed E-state index contributed by atoms with van der Waals surface area (Å²) < 4.78 is 1.83. The average Bonchev–Trinajstić information content (AvgIpc) is 2.86. The van der Waals surface area contributed by atoms with Gasteiger partial charge in [-0.3, -0.25) is 9.48 Å². The molecule has 0 spiro atoms. The van der Waals surface area contributed by atoms with Crippen LogP contribution in [0.2, 0.25) is 0 Å². The number of allylic oxidation sites excluding steroid dienone is 1. The van der Waals surface area contributed by atoms with E-state index in [1.54, 1.807) is 12.3 Å². The molecule has 0 saturated carbocycles. The first kappa shape index (κ1) is 15.0. The minimum atomic E-state index is -0.0103. The monoisotopic (exact) mass is 283 g/mol. The number of aromatic nitrogens is 2. The second-order valence-electron chi connectivity index (χ2n) is 5.14. The number of benzene rings is 1. The lowest BCUT2D eigenvalue weighted by atomic mass is 10.1. The molecule has 0 bridgehead atoms. The zero-order chi connectivity index (χ0) is 15.4. The molecule has 0 amide bonds. The number of carbonyl (C=O) groups excluding carboxylic acids is 1. The van der Waals surface area contributed by atoms with E-state index in [-0.39, 0.29) is 5.78 Å². The highest BCUT2D eigenvalue weighted by atomic mass is 16.1. The van der Waals surface area contributed by atoms with Gasteiger partial charge in [0.25, 0.3) is 0 Å². The number of nitrogens with zero attached hydrogens (tertiary/aromatic N) is 3. The van der Waals surface area contributed by atoms with Gasteiger partial charge in [-0.25, -0.2) is 0 Å². The Morgan fingerprint density at radius 3 is 2.48 bits per heavy atom. The molecule has 4 heteroatoms. The maximum Gasteiger partial charge on any atom is 0.189 e. The SMILES string of the molecule is CCn1ncc(C(=O)/C=C/c2ccc(N(C)C)cc2)c1C. The molecule has 0 aliphatic carbocycles. The van der Waals surface area contributed by atoms with Crippen LogP contribution >= 0.6 is 0 Å². The fraction of sp³-hybridized carbons (Fsp3) is 0.294. The Morgan fingerprint density at radius 2 is 1.95 bits per heavy atom. The fourth-order valence-electron chi connectivity index (χ4n) is 2.15. The Labute approximate surface area is 125 Å². The van der Waals surface area contributed by atoms with Crippen molar-refractivity contribution in [2.24, 2.45) is 0 Å². The summed E-state index contributed by atoms with van der Waals surface area (Å²) in [6.45, 7) is 4.70. The van der Waals surface area contributed by atoms with Crippen LogP contribution in [-0.4, -0.2) is 29.7 Å². The molecule has 110 valence electrons. The van der Waals surface area contributed by atoms with Gasteiger partial charge in [0, 0.05) is 32.0 Å². The Hall–Kier alpha value is -2.36. The number of hydrogen-bond donors (Lipinski definition) is 0. The van der Waals surface area contributed by atoms with Gasteiger partial charge in [-0.1, -0.05) is 18.2 Å². The zero-order valence-corrected chi connectivity index (χ0v) is 13.0. The topological polar surface area (TPSA) is 38.1 Å². The Bertz CT molecular complexity index is 651. The third kappa shape index (κ3) is 3.40. The molecule has 0 N–H and O–H groups in total. The molecule has 4 nitrogen and oxygen atoms in total. The minimum absolute atomic E-state index is 0.0103. The number of aryl methyl sites for hydroxylation is 1. The van der Waals surface area contributed by atoms with Gasteiger partial charge >= 0.3 is 0 Å². The van der Waals surface area contributed by atoms with Crippen molar-refractivity contribution in [1.29, 1.82) is 0 Å². The van der Waals surface area contributed by atoms with E-state index >= 15 is 0 Å². The van der Waals surface area contributed by atoms with Crippen molar-refractivity contribution in [3.63, 3.8) is 0 Å². The van der Waals surface area contributed by atoms with E-state index in [1.165, 1.54) is 0 Å². The van der Waals surface area contributed by atoms with E-state index in [4.69, 9.17) is 0 Å². The molecule has 2 aromatic rings. The lowest BCUT2D eigenvalue weighted by molar-refractivity contribution is 0.104. The summed E-state index contributed by atoms with van der Waals surface area (Å²) in [5.41, 5.74) is 3.72. The molecule has 21 heavy (non-hydrogen) atoms. The van der Waals surface area contributed by atoms with Crippen molar-refractivity contribution in [3.8, 4) is 0 Å². The molecular weight excluding hydrogens is 262 g/mol. The number of carbonyl (C=O) groups is 1. The minimum Gasteiger partial charge on any atom is -0.378 e. The molecule has 0 aliphatic rings. The second-order valence-corrected chi connectivity index (χ2v) is 5.14. The van der Waals surface area contributed by atoms with Crippen molar-refractivity contribution < 1.29 is 4.79 Å². The van der Waals surface area contributed by atoms with Gasteiger partial charge in [-0.2, -0.15) is 5.10 Å².